The second kappa shape index (κ2) is 5.31. The molecule has 0 aliphatic carbocycles. The summed E-state index contributed by atoms with van der Waals surface area (Å²) < 4.78 is 19.1. The quantitative estimate of drug-likeness (QED) is 0.806. The summed E-state index contributed by atoms with van der Waals surface area (Å²) >= 11 is 3.06. The molecule has 2 rings (SSSR count). The number of hydrogen-bond donors (Lipinski definition) is 0. The molecule has 0 fully saturated rings. The Morgan fingerprint density at radius 1 is 1.17 bits per heavy atom. The fourth-order valence-corrected chi connectivity index (χ4v) is 1.94. The third-order valence-electron chi connectivity index (χ3n) is 2.55. The maximum absolute atomic E-state index is 13.8. The zero-order chi connectivity index (χ0) is 13.1. The normalized spacial score (nSPS) is 10.2. The Hall–Kier alpha value is -1.68. The van der Waals surface area contributed by atoms with Crippen molar-refractivity contribution in [1.82, 2.24) is 0 Å². The van der Waals surface area contributed by atoms with Crippen molar-refractivity contribution in [2.24, 2.45) is 0 Å². The van der Waals surface area contributed by atoms with Crippen LogP contribution in [0.3, 0.4) is 0 Å². The molecule has 0 amide bonds. The summed E-state index contributed by atoms with van der Waals surface area (Å²) in [7, 11) is 1.55. The zero-order valence-corrected chi connectivity index (χ0v) is 11.2. The molecule has 0 atom stereocenters. The van der Waals surface area contributed by atoms with Crippen molar-refractivity contribution in [3.05, 3.63) is 63.9 Å². The standard InChI is InChI=1S/C14H10BrFO2/c1-18-10-7-5-9(6-8-10)14(17)11-3-2-4-12(15)13(11)16/h2-8H,1H3. The molecule has 0 unspecified atom stereocenters. The highest BCUT2D eigenvalue weighted by Crippen LogP contribution is 2.22. The van der Waals surface area contributed by atoms with Gasteiger partial charge in [0.2, 0.25) is 0 Å². The van der Waals surface area contributed by atoms with Crippen LogP contribution in [0.2, 0.25) is 0 Å². The van der Waals surface area contributed by atoms with Gasteiger partial charge in [-0.05, 0) is 52.3 Å². The third kappa shape index (κ3) is 2.43. The Morgan fingerprint density at radius 2 is 1.83 bits per heavy atom. The summed E-state index contributed by atoms with van der Waals surface area (Å²) in [6.45, 7) is 0. The van der Waals surface area contributed by atoms with Crippen LogP contribution in [-0.4, -0.2) is 12.9 Å². The highest BCUT2D eigenvalue weighted by molar-refractivity contribution is 9.10. The van der Waals surface area contributed by atoms with Crippen molar-refractivity contribution < 1.29 is 13.9 Å². The highest BCUT2D eigenvalue weighted by Gasteiger charge is 2.15. The predicted octanol–water partition coefficient (Wildman–Crippen LogP) is 3.83. The smallest absolute Gasteiger partial charge is 0.196 e. The van der Waals surface area contributed by atoms with Crippen LogP contribution >= 0.6 is 15.9 Å². The molecule has 0 N–H and O–H groups in total. The molecule has 4 heteroatoms. The van der Waals surface area contributed by atoms with Gasteiger partial charge in [0, 0.05) is 5.56 Å². The van der Waals surface area contributed by atoms with Crippen LogP contribution in [0.1, 0.15) is 15.9 Å². The first-order valence-electron chi connectivity index (χ1n) is 5.26. The van der Waals surface area contributed by atoms with Crippen molar-refractivity contribution >= 4 is 21.7 Å². The van der Waals surface area contributed by atoms with Gasteiger partial charge in [0.15, 0.2) is 5.78 Å². The van der Waals surface area contributed by atoms with Crippen LogP contribution in [0.15, 0.2) is 46.9 Å². The Kier molecular flexibility index (Phi) is 3.77. The van der Waals surface area contributed by atoms with Gasteiger partial charge >= 0.3 is 0 Å². The summed E-state index contributed by atoms with van der Waals surface area (Å²) in [6, 6.07) is 11.2. The molecule has 0 aliphatic rings. The Morgan fingerprint density at radius 3 is 2.44 bits per heavy atom. The van der Waals surface area contributed by atoms with Crippen LogP contribution in [0.5, 0.6) is 5.75 Å². The van der Waals surface area contributed by atoms with Gasteiger partial charge in [-0.3, -0.25) is 4.79 Å². The van der Waals surface area contributed by atoms with Gasteiger partial charge in [-0.1, -0.05) is 6.07 Å². The maximum atomic E-state index is 13.8. The second-order valence-electron chi connectivity index (χ2n) is 3.66. The van der Waals surface area contributed by atoms with E-state index in [4.69, 9.17) is 4.74 Å². The summed E-state index contributed by atoms with van der Waals surface area (Å²) in [4.78, 5) is 12.1. The van der Waals surface area contributed by atoms with E-state index in [0.717, 1.165) is 0 Å². The Balaban J connectivity index is 2.38. The van der Waals surface area contributed by atoms with E-state index in [2.05, 4.69) is 15.9 Å². The summed E-state index contributed by atoms with van der Waals surface area (Å²) in [5.74, 6) is -0.240. The minimum absolute atomic E-state index is 0.0505. The van der Waals surface area contributed by atoms with Gasteiger partial charge in [-0.15, -0.1) is 0 Å². The monoisotopic (exact) mass is 308 g/mol. The van der Waals surface area contributed by atoms with Crippen LogP contribution in [-0.2, 0) is 0 Å². The van der Waals surface area contributed by atoms with E-state index in [-0.39, 0.29) is 15.8 Å². The largest absolute Gasteiger partial charge is 0.497 e. The maximum Gasteiger partial charge on any atom is 0.196 e. The molecule has 18 heavy (non-hydrogen) atoms. The zero-order valence-electron chi connectivity index (χ0n) is 9.61. The topological polar surface area (TPSA) is 26.3 Å². The Bertz CT molecular complexity index is 579. The molecule has 2 aromatic rings. The highest BCUT2D eigenvalue weighted by atomic mass is 79.9. The number of benzene rings is 2. The van der Waals surface area contributed by atoms with Crippen molar-refractivity contribution in [1.29, 1.82) is 0 Å². The molecule has 2 nitrogen and oxygen atoms in total. The molecular weight excluding hydrogens is 299 g/mol. The van der Waals surface area contributed by atoms with Gasteiger partial charge in [0.05, 0.1) is 17.1 Å². The molecule has 0 bridgehead atoms. The lowest BCUT2D eigenvalue weighted by molar-refractivity contribution is 0.103. The van der Waals surface area contributed by atoms with Gasteiger partial charge in [-0.2, -0.15) is 0 Å². The van der Waals surface area contributed by atoms with E-state index in [0.29, 0.717) is 11.3 Å². The number of halogens is 2. The number of hydrogen-bond acceptors (Lipinski definition) is 2. The predicted molar refractivity (Wildman–Crippen MR) is 70.5 cm³/mol. The molecular formula is C14H10BrFO2. The van der Waals surface area contributed by atoms with E-state index in [1.165, 1.54) is 6.07 Å². The number of ketones is 1. The summed E-state index contributed by atoms with van der Waals surface area (Å²) in [5.41, 5.74) is 0.474. The van der Waals surface area contributed by atoms with Crippen molar-refractivity contribution in [2.75, 3.05) is 7.11 Å². The fourth-order valence-electron chi connectivity index (χ4n) is 1.58. The molecule has 0 aliphatic heterocycles. The van der Waals surface area contributed by atoms with Crippen molar-refractivity contribution in [3.8, 4) is 5.75 Å². The Labute approximate surface area is 113 Å². The number of carbonyl (C=O) groups excluding carboxylic acids is 1. The molecule has 0 spiro atoms. The molecule has 0 saturated heterocycles. The van der Waals surface area contributed by atoms with Crippen LogP contribution in [0.25, 0.3) is 0 Å². The first-order valence-corrected chi connectivity index (χ1v) is 6.05. The lowest BCUT2D eigenvalue weighted by atomic mass is 10.0. The number of methoxy groups -OCH3 is 1. The minimum atomic E-state index is -0.543. The van der Waals surface area contributed by atoms with E-state index >= 15 is 0 Å². The van der Waals surface area contributed by atoms with E-state index < -0.39 is 5.82 Å². The minimum Gasteiger partial charge on any atom is -0.497 e. The number of ether oxygens (including phenoxy) is 1. The fraction of sp³-hybridized carbons (Fsp3) is 0.0714. The van der Waals surface area contributed by atoms with Crippen LogP contribution in [0, 0.1) is 5.82 Å². The van der Waals surface area contributed by atoms with Gasteiger partial charge in [0.25, 0.3) is 0 Å². The van der Waals surface area contributed by atoms with Gasteiger partial charge in [0.1, 0.15) is 11.6 Å². The lowest BCUT2D eigenvalue weighted by Gasteiger charge is -2.05. The van der Waals surface area contributed by atoms with Gasteiger partial charge < -0.3 is 4.74 Å². The SMILES string of the molecule is COc1ccc(C(=O)c2cccc(Br)c2F)cc1. The molecule has 0 saturated carbocycles. The van der Waals surface area contributed by atoms with E-state index in [1.807, 2.05) is 0 Å². The molecule has 0 aromatic heterocycles. The number of carbonyl (C=O) groups is 1. The summed E-state index contributed by atoms with van der Waals surface area (Å²) in [6.07, 6.45) is 0. The second-order valence-corrected chi connectivity index (χ2v) is 4.51. The van der Waals surface area contributed by atoms with Crippen molar-refractivity contribution in [2.45, 2.75) is 0 Å². The van der Waals surface area contributed by atoms with E-state index in [1.54, 1.807) is 43.5 Å². The molecule has 0 radical (unpaired) electrons. The lowest BCUT2D eigenvalue weighted by Crippen LogP contribution is -2.04. The average Bonchev–Trinajstić information content (AvgIpc) is 2.41. The first kappa shape index (κ1) is 12.8. The summed E-state index contributed by atoms with van der Waals surface area (Å²) in [5, 5.41) is 0. The van der Waals surface area contributed by atoms with E-state index in [9.17, 15) is 9.18 Å². The van der Waals surface area contributed by atoms with Crippen molar-refractivity contribution in [3.63, 3.8) is 0 Å². The van der Waals surface area contributed by atoms with Gasteiger partial charge in [-0.25, -0.2) is 4.39 Å². The molecule has 0 heterocycles. The average molecular weight is 309 g/mol. The van der Waals surface area contributed by atoms with Crippen LogP contribution < -0.4 is 4.74 Å². The number of rotatable bonds is 3. The molecule has 92 valence electrons. The first-order chi connectivity index (χ1) is 8.63. The molecule has 2 aromatic carbocycles. The third-order valence-corrected chi connectivity index (χ3v) is 3.16. The van der Waals surface area contributed by atoms with Crippen LogP contribution in [0.4, 0.5) is 4.39 Å².